The largest absolute Gasteiger partial charge is 0.361 e. The predicted octanol–water partition coefficient (Wildman–Crippen LogP) is 2.26. The molecule has 0 saturated carbocycles. The van der Waals surface area contributed by atoms with Gasteiger partial charge in [-0.05, 0) is 42.7 Å². The minimum absolute atomic E-state index is 0.666. The van der Waals surface area contributed by atoms with E-state index in [0.29, 0.717) is 6.54 Å². The molecule has 0 aliphatic carbocycles. The highest BCUT2D eigenvalue weighted by molar-refractivity contribution is 7.07. The Balaban J connectivity index is 1.78. The van der Waals surface area contributed by atoms with E-state index in [4.69, 9.17) is 4.52 Å². The summed E-state index contributed by atoms with van der Waals surface area (Å²) in [5, 5.41) is 14.8. The van der Waals surface area contributed by atoms with Crippen molar-refractivity contribution in [1.82, 2.24) is 15.8 Å². The normalized spacial score (nSPS) is 11.7. The fraction of sp³-hybridized carbons (Fsp3) is 0.429. The number of aromatic nitrogens is 1. The highest BCUT2D eigenvalue weighted by atomic mass is 32.1. The van der Waals surface area contributed by atoms with Gasteiger partial charge in [0.15, 0.2) is 5.96 Å². The van der Waals surface area contributed by atoms with E-state index in [2.05, 4.69) is 37.6 Å². The Morgan fingerprint density at radius 3 is 2.85 bits per heavy atom. The zero-order valence-electron chi connectivity index (χ0n) is 12.1. The van der Waals surface area contributed by atoms with Crippen LogP contribution >= 0.6 is 11.3 Å². The number of guanidine groups is 1. The van der Waals surface area contributed by atoms with Crippen LogP contribution in [0.4, 0.5) is 0 Å². The Bertz CT molecular complexity index is 540. The highest BCUT2D eigenvalue weighted by Crippen LogP contribution is 2.11. The summed E-state index contributed by atoms with van der Waals surface area (Å²) < 4.78 is 5.14. The fourth-order valence-electron chi connectivity index (χ4n) is 1.91. The van der Waals surface area contributed by atoms with Gasteiger partial charge >= 0.3 is 0 Å². The smallest absolute Gasteiger partial charge is 0.191 e. The maximum Gasteiger partial charge on any atom is 0.191 e. The standard InChI is InChI=1S/C14H20N4OS/c1-10-13(11(2)19-18-10)8-17-14(15-3)16-6-4-12-5-7-20-9-12/h5,7,9H,4,6,8H2,1-3H3,(H2,15,16,17). The molecule has 5 nitrogen and oxygen atoms in total. The molecule has 2 aromatic rings. The van der Waals surface area contributed by atoms with Gasteiger partial charge in [-0.25, -0.2) is 0 Å². The molecule has 0 fully saturated rings. The van der Waals surface area contributed by atoms with Crippen LogP contribution in [0.25, 0.3) is 0 Å². The molecular weight excluding hydrogens is 272 g/mol. The second-order valence-corrected chi connectivity index (χ2v) is 5.32. The van der Waals surface area contributed by atoms with Crippen molar-refractivity contribution in [2.45, 2.75) is 26.8 Å². The number of hydrogen-bond donors (Lipinski definition) is 2. The molecule has 2 rings (SSSR count). The third-order valence-corrected chi connectivity index (χ3v) is 3.86. The monoisotopic (exact) mass is 292 g/mol. The van der Waals surface area contributed by atoms with E-state index in [0.717, 1.165) is 35.9 Å². The quantitative estimate of drug-likeness (QED) is 0.655. The van der Waals surface area contributed by atoms with Crippen molar-refractivity contribution >= 4 is 17.3 Å². The first-order chi connectivity index (χ1) is 9.70. The minimum atomic E-state index is 0.666. The third kappa shape index (κ3) is 3.84. The molecule has 0 bridgehead atoms. The summed E-state index contributed by atoms with van der Waals surface area (Å²) in [6.07, 6.45) is 0.996. The summed E-state index contributed by atoms with van der Waals surface area (Å²) in [5.74, 6) is 1.64. The van der Waals surface area contributed by atoms with Crippen LogP contribution in [-0.2, 0) is 13.0 Å². The number of nitrogens with one attached hydrogen (secondary N) is 2. The second-order valence-electron chi connectivity index (χ2n) is 4.54. The Morgan fingerprint density at radius 1 is 1.40 bits per heavy atom. The fourth-order valence-corrected chi connectivity index (χ4v) is 2.61. The van der Waals surface area contributed by atoms with E-state index in [9.17, 15) is 0 Å². The lowest BCUT2D eigenvalue weighted by molar-refractivity contribution is 0.392. The zero-order chi connectivity index (χ0) is 14.4. The topological polar surface area (TPSA) is 62.5 Å². The van der Waals surface area contributed by atoms with Gasteiger partial charge < -0.3 is 15.2 Å². The Morgan fingerprint density at radius 2 is 2.25 bits per heavy atom. The van der Waals surface area contributed by atoms with E-state index in [1.165, 1.54) is 5.56 Å². The van der Waals surface area contributed by atoms with Gasteiger partial charge in [-0.3, -0.25) is 4.99 Å². The van der Waals surface area contributed by atoms with Crippen LogP contribution in [0.5, 0.6) is 0 Å². The Kier molecular flexibility index (Phi) is 5.17. The van der Waals surface area contributed by atoms with Gasteiger partial charge in [0, 0.05) is 25.7 Å². The van der Waals surface area contributed by atoms with Gasteiger partial charge in [-0.2, -0.15) is 11.3 Å². The van der Waals surface area contributed by atoms with Gasteiger partial charge in [0.05, 0.1) is 5.69 Å². The van der Waals surface area contributed by atoms with Crippen molar-refractivity contribution in [3.63, 3.8) is 0 Å². The van der Waals surface area contributed by atoms with Crippen LogP contribution in [0.3, 0.4) is 0 Å². The molecule has 0 spiro atoms. The molecule has 108 valence electrons. The third-order valence-electron chi connectivity index (χ3n) is 3.12. The molecule has 0 radical (unpaired) electrons. The van der Waals surface area contributed by atoms with Crippen molar-refractivity contribution < 1.29 is 4.52 Å². The number of rotatable bonds is 5. The number of aliphatic imine (C=N–C) groups is 1. The zero-order valence-corrected chi connectivity index (χ0v) is 12.9. The molecule has 2 heterocycles. The molecule has 0 unspecified atom stereocenters. The van der Waals surface area contributed by atoms with Crippen LogP contribution in [-0.4, -0.2) is 24.7 Å². The Hall–Kier alpha value is -1.82. The summed E-state index contributed by atoms with van der Waals surface area (Å²) >= 11 is 1.72. The van der Waals surface area contributed by atoms with Crippen molar-refractivity contribution in [1.29, 1.82) is 0 Å². The number of nitrogens with zero attached hydrogens (tertiary/aromatic N) is 2. The molecule has 6 heteroatoms. The molecule has 0 atom stereocenters. The molecule has 0 aliphatic heterocycles. The van der Waals surface area contributed by atoms with Crippen LogP contribution in [0.2, 0.25) is 0 Å². The summed E-state index contributed by atoms with van der Waals surface area (Å²) in [6, 6.07) is 2.15. The van der Waals surface area contributed by atoms with Crippen LogP contribution < -0.4 is 10.6 Å². The first kappa shape index (κ1) is 14.6. The maximum absolute atomic E-state index is 5.14. The SMILES string of the molecule is CN=C(NCCc1ccsc1)NCc1c(C)noc1C. The molecule has 20 heavy (non-hydrogen) atoms. The molecule has 0 saturated heterocycles. The molecule has 0 aliphatic rings. The van der Waals surface area contributed by atoms with E-state index in [1.807, 2.05) is 13.8 Å². The summed E-state index contributed by atoms with van der Waals surface area (Å²) in [6.45, 7) is 5.39. The average Bonchev–Trinajstić information content (AvgIpc) is 3.06. The summed E-state index contributed by atoms with van der Waals surface area (Å²) in [4.78, 5) is 4.21. The maximum atomic E-state index is 5.14. The summed E-state index contributed by atoms with van der Waals surface area (Å²) in [7, 11) is 1.77. The highest BCUT2D eigenvalue weighted by Gasteiger charge is 2.09. The lowest BCUT2D eigenvalue weighted by Crippen LogP contribution is -2.38. The van der Waals surface area contributed by atoms with Crippen LogP contribution in [0.15, 0.2) is 26.3 Å². The average molecular weight is 292 g/mol. The van der Waals surface area contributed by atoms with Gasteiger partial charge in [-0.1, -0.05) is 5.16 Å². The van der Waals surface area contributed by atoms with E-state index in [1.54, 1.807) is 18.4 Å². The summed E-state index contributed by atoms with van der Waals surface area (Å²) in [5.41, 5.74) is 3.36. The van der Waals surface area contributed by atoms with Gasteiger partial charge in [0.1, 0.15) is 5.76 Å². The van der Waals surface area contributed by atoms with Gasteiger partial charge in [0.2, 0.25) is 0 Å². The van der Waals surface area contributed by atoms with E-state index >= 15 is 0 Å². The molecule has 0 amide bonds. The van der Waals surface area contributed by atoms with E-state index < -0.39 is 0 Å². The molecule has 0 aromatic carbocycles. The molecule has 2 aromatic heterocycles. The minimum Gasteiger partial charge on any atom is -0.361 e. The van der Waals surface area contributed by atoms with Gasteiger partial charge in [0.25, 0.3) is 0 Å². The predicted molar refractivity (Wildman–Crippen MR) is 82.2 cm³/mol. The number of thiophene rings is 1. The van der Waals surface area contributed by atoms with Crippen molar-refractivity contribution in [2.24, 2.45) is 4.99 Å². The number of aryl methyl sites for hydroxylation is 2. The molecule has 2 N–H and O–H groups in total. The molecular formula is C14H20N4OS. The lowest BCUT2D eigenvalue weighted by atomic mass is 10.2. The first-order valence-electron chi connectivity index (χ1n) is 6.58. The Labute approximate surface area is 123 Å². The van der Waals surface area contributed by atoms with Crippen molar-refractivity contribution in [3.8, 4) is 0 Å². The second kappa shape index (κ2) is 7.09. The number of hydrogen-bond acceptors (Lipinski definition) is 4. The van der Waals surface area contributed by atoms with E-state index in [-0.39, 0.29) is 0 Å². The van der Waals surface area contributed by atoms with Crippen LogP contribution in [0, 0.1) is 13.8 Å². The first-order valence-corrected chi connectivity index (χ1v) is 7.52. The van der Waals surface area contributed by atoms with Gasteiger partial charge in [-0.15, -0.1) is 0 Å². The lowest BCUT2D eigenvalue weighted by Gasteiger charge is -2.11. The van der Waals surface area contributed by atoms with Crippen molar-refractivity contribution in [2.75, 3.05) is 13.6 Å². The van der Waals surface area contributed by atoms with Crippen molar-refractivity contribution in [3.05, 3.63) is 39.4 Å². The van der Waals surface area contributed by atoms with Crippen LogP contribution in [0.1, 0.15) is 22.6 Å².